The molecule has 58 heavy (non-hydrogen) atoms. The van der Waals surface area contributed by atoms with Crippen LogP contribution in [0.5, 0.6) is 0 Å². The number of rotatable bonds is 54. The van der Waals surface area contributed by atoms with E-state index in [1.54, 1.807) is 0 Å². The van der Waals surface area contributed by atoms with Crippen LogP contribution in [0.15, 0.2) is 0 Å². The summed E-state index contributed by atoms with van der Waals surface area (Å²) in [6.45, 7) is 4.76. The molecule has 0 amide bonds. The minimum absolute atomic E-state index is 0.347. The van der Waals surface area contributed by atoms with Crippen LogP contribution in [0.25, 0.3) is 0 Å². The second kappa shape index (κ2) is 54.4. The Balaban J connectivity index is 3.06. The van der Waals surface area contributed by atoms with Crippen molar-refractivity contribution in [1.82, 2.24) is 5.32 Å². The zero-order valence-electron chi connectivity index (χ0n) is 40.3. The maximum absolute atomic E-state index is 10.5. The summed E-state index contributed by atoms with van der Waals surface area (Å²) in [7, 11) is 0. The molecule has 0 atom stereocenters. The number of unbranched alkanes of at least 4 members (excludes halogenated alkanes) is 48. The van der Waals surface area contributed by atoms with Crippen molar-refractivity contribution < 1.29 is 9.90 Å². The van der Waals surface area contributed by atoms with Crippen LogP contribution in [0.1, 0.15) is 334 Å². The molecule has 0 aliphatic carbocycles. The molecular formula is C55H111NO2. The third kappa shape index (κ3) is 55.4. The number of hydrogen-bond acceptors (Lipinski definition) is 2. The first-order valence-corrected chi connectivity index (χ1v) is 27.7. The highest BCUT2D eigenvalue weighted by molar-refractivity contribution is 5.66. The van der Waals surface area contributed by atoms with Gasteiger partial charge in [0.15, 0.2) is 0 Å². The molecule has 0 heterocycles. The highest BCUT2D eigenvalue weighted by Gasteiger charge is 2.00. The van der Waals surface area contributed by atoms with Gasteiger partial charge in [-0.05, 0) is 32.4 Å². The summed E-state index contributed by atoms with van der Waals surface area (Å²) in [5.41, 5.74) is 0. The Hall–Kier alpha value is -0.570. The second-order valence-corrected chi connectivity index (χ2v) is 19.2. The Morgan fingerprint density at radius 3 is 0.586 bits per heavy atom. The number of carboxylic acid groups (broad SMARTS) is 1. The van der Waals surface area contributed by atoms with Crippen LogP contribution < -0.4 is 5.32 Å². The van der Waals surface area contributed by atoms with E-state index >= 15 is 0 Å². The Bertz CT molecular complexity index is 725. The van der Waals surface area contributed by atoms with E-state index in [0.717, 1.165) is 12.8 Å². The van der Waals surface area contributed by atoms with Crippen LogP contribution in [0.2, 0.25) is 0 Å². The summed E-state index contributed by atoms with van der Waals surface area (Å²) in [6, 6.07) is 0. The first-order valence-electron chi connectivity index (χ1n) is 27.7. The van der Waals surface area contributed by atoms with Gasteiger partial charge in [-0.25, -0.2) is 0 Å². The van der Waals surface area contributed by atoms with E-state index in [1.807, 2.05) is 0 Å². The van der Waals surface area contributed by atoms with E-state index in [0.29, 0.717) is 6.42 Å². The van der Waals surface area contributed by atoms with Gasteiger partial charge in [-0.3, -0.25) is 4.79 Å². The summed E-state index contributed by atoms with van der Waals surface area (Å²) in [5, 5.41) is 12.3. The van der Waals surface area contributed by atoms with Crippen LogP contribution >= 0.6 is 0 Å². The summed E-state index contributed by atoms with van der Waals surface area (Å²) in [5.74, 6) is -0.646. The van der Waals surface area contributed by atoms with Crippen molar-refractivity contribution in [3.05, 3.63) is 0 Å². The molecule has 0 bridgehead atoms. The number of aliphatic carboxylic acids is 1. The molecule has 0 spiro atoms. The van der Waals surface area contributed by atoms with Gasteiger partial charge in [-0.1, -0.05) is 309 Å². The highest BCUT2D eigenvalue weighted by Crippen LogP contribution is 2.18. The molecule has 3 nitrogen and oxygen atoms in total. The van der Waals surface area contributed by atoms with Gasteiger partial charge in [0.2, 0.25) is 0 Å². The average Bonchev–Trinajstić information content (AvgIpc) is 3.22. The first kappa shape index (κ1) is 57.4. The fourth-order valence-corrected chi connectivity index (χ4v) is 9.11. The number of hydrogen-bond donors (Lipinski definition) is 2. The van der Waals surface area contributed by atoms with Crippen LogP contribution in [0.4, 0.5) is 0 Å². The largest absolute Gasteiger partial charge is 0.481 e. The van der Waals surface area contributed by atoms with Gasteiger partial charge < -0.3 is 10.4 Å². The van der Waals surface area contributed by atoms with E-state index in [1.165, 1.54) is 321 Å². The zero-order chi connectivity index (χ0) is 41.8. The fraction of sp³-hybridized carbons (Fsp3) is 0.982. The van der Waals surface area contributed by atoms with Crippen molar-refractivity contribution in [3.63, 3.8) is 0 Å². The second-order valence-electron chi connectivity index (χ2n) is 19.2. The standard InChI is InChI=1S/C55H111NO2/c1-2-3-4-50-53-56-54-51-48-46-44-42-40-38-36-34-32-30-28-26-24-22-20-18-16-14-12-10-8-6-5-7-9-11-13-15-17-19-21-23-25-27-29-31-33-35-37-39-41-43-45-47-49-52-55(57)58/h56H,2-54H2,1H3,(H,57,58). The monoisotopic (exact) mass is 818 g/mol. The molecule has 0 aromatic rings. The molecule has 0 saturated heterocycles. The van der Waals surface area contributed by atoms with E-state index in [-0.39, 0.29) is 0 Å². The third-order valence-electron chi connectivity index (χ3n) is 13.2. The summed E-state index contributed by atoms with van der Waals surface area (Å²) in [4.78, 5) is 10.5. The quantitative estimate of drug-likeness (QED) is 0.0601. The van der Waals surface area contributed by atoms with Crippen molar-refractivity contribution in [1.29, 1.82) is 0 Å². The van der Waals surface area contributed by atoms with Crippen LogP contribution in [-0.2, 0) is 4.79 Å². The van der Waals surface area contributed by atoms with Gasteiger partial charge >= 0.3 is 5.97 Å². The minimum atomic E-state index is -0.646. The predicted octanol–water partition coefficient (Wildman–Crippen LogP) is 19.6. The SMILES string of the molecule is CCCCCCNCCCCCCCCCCCCCCCCCCCCCCCCCCCCCCCCCCCCCCCCCCCCCCCCC(=O)O. The van der Waals surface area contributed by atoms with Crippen molar-refractivity contribution in [2.45, 2.75) is 334 Å². The lowest BCUT2D eigenvalue weighted by Crippen LogP contribution is -2.16. The van der Waals surface area contributed by atoms with Gasteiger partial charge in [0.25, 0.3) is 0 Å². The molecule has 0 aromatic heterocycles. The summed E-state index contributed by atoms with van der Waals surface area (Å²) in [6.07, 6.45) is 71.7. The number of nitrogens with one attached hydrogen (secondary N) is 1. The molecule has 0 saturated carbocycles. The first-order chi connectivity index (χ1) is 28.8. The topological polar surface area (TPSA) is 49.3 Å². The lowest BCUT2D eigenvalue weighted by molar-refractivity contribution is -0.137. The maximum atomic E-state index is 10.5. The Kier molecular flexibility index (Phi) is 53.9. The molecule has 348 valence electrons. The van der Waals surface area contributed by atoms with Gasteiger partial charge in [0.1, 0.15) is 0 Å². The van der Waals surface area contributed by atoms with E-state index in [2.05, 4.69) is 12.2 Å². The number of carbonyl (C=O) groups is 1. The van der Waals surface area contributed by atoms with Crippen LogP contribution in [-0.4, -0.2) is 24.2 Å². The molecule has 0 aliphatic rings. The predicted molar refractivity (Wildman–Crippen MR) is 262 cm³/mol. The molecule has 3 heteroatoms. The van der Waals surface area contributed by atoms with Crippen molar-refractivity contribution in [2.75, 3.05) is 13.1 Å². The minimum Gasteiger partial charge on any atom is -0.481 e. The van der Waals surface area contributed by atoms with Gasteiger partial charge in [0, 0.05) is 6.42 Å². The molecule has 0 aliphatic heterocycles. The lowest BCUT2D eigenvalue weighted by Gasteiger charge is -2.05. The Morgan fingerprint density at radius 2 is 0.414 bits per heavy atom. The fourth-order valence-electron chi connectivity index (χ4n) is 9.11. The van der Waals surface area contributed by atoms with Crippen molar-refractivity contribution >= 4 is 5.97 Å². The lowest BCUT2D eigenvalue weighted by atomic mass is 10.0. The highest BCUT2D eigenvalue weighted by atomic mass is 16.4. The van der Waals surface area contributed by atoms with Gasteiger partial charge in [-0.15, -0.1) is 0 Å². The van der Waals surface area contributed by atoms with Gasteiger partial charge in [0.05, 0.1) is 0 Å². The van der Waals surface area contributed by atoms with Crippen LogP contribution in [0.3, 0.4) is 0 Å². The molecule has 0 rings (SSSR count). The molecular weight excluding hydrogens is 707 g/mol. The Labute approximate surface area is 367 Å². The third-order valence-corrected chi connectivity index (χ3v) is 13.2. The average molecular weight is 818 g/mol. The number of carboxylic acids is 1. The van der Waals surface area contributed by atoms with Crippen LogP contribution in [0, 0.1) is 0 Å². The molecule has 0 radical (unpaired) electrons. The molecule has 0 unspecified atom stereocenters. The smallest absolute Gasteiger partial charge is 0.303 e. The van der Waals surface area contributed by atoms with Gasteiger partial charge in [-0.2, -0.15) is 0 Å². The van der Waals surface area contributed by atoms with Crippen molar-refractivity contribution in [3.8, 4) is 0 Å². The molecule has 0 aromatic carbocycles. The van der Waals surface area contributed by atoms with E-state index in [4.69, 9.17) is 5.11 Å². The Morgan fingerprint density at radius 1 is 0.259 bits per heavy atom. The van der Waals surface area contributed by atoms with E-state index in [9.17, 15) is 4.79 Å². The van der Waals surface area contributed by atoms with E-state index < -0.39 is 5.97 Å². The molecule has 0 fully saturated rings. The summed E-state index contributed by atoms with van der Waals surface area (Å²) < 4.78 is 0. The normalized spacial score (nSPS) is 11.6. The zero-order valence-corrected chi connectivity index (χ0v) is 40.3. The maximum Gasteiger partial charge on any atom is 0.303 e. The molecule has 2 N–H and O–H groups in total. The summed E-state index contributed by atoms with van der Waals surface area (Å²) >= 11 is 0. The van der Waals surface area contributed by atoms with Crippen molar-refractivity contribution in [2.24, 2.45) is 0 Å².